The zero-order valence-electron chi connectivity index (χ0n) is 17.3. The number of carbonyl (C=O) groups is 1. The predicted octanol–water partition coefficient (Wildman–Crippen LogP) is 6.44. The highest BCUT2D eigenvalue weighted by atomic mass is 35.5. The molecule has 0 saturated heterocycles. The van der Waals surface area contributed by atoms with Gasteiger partial charge in [0.1, 0.15) is 5.82 Å². The molecule has 0 amide bonds. The van der Waals surface area contributed by atoms with E-state index in [2.05, 4.69) is 4.98 Å². The summed E-state index contributed by atoms with van der Waals surface area (Å²) in [6, 6.07) is 18.3. The number of hydrogen-bond acceptors (Lipinski definition) is 3. The van der Waals surface area contributed by atoms with Crippen LogP contribution in [0.25, 0.3) is 28.1 Å². The van der Waals surface area contributed by atoms with Gasteiger partial charge in [0.15, 0.2) is 0 Å². The Balaban J connectivity index is 1.62. The maximum atomic E-state index is 13.3. The fourth-order valence-corrected chi connectivity index (χ4v) is 3.99. The number of H-pyrrole nitrogens is 1. The largest absolute Gasteiger partial charge is 0.462 e. The summed E-state index contributed by atoms with van der Waals surface area (Å²) in [7, 11) is 0. The Bertz CT molecular complexity index is 1430. The quantitative estimate of drug-likeness (QED) is 0.254. The van der Waals surface area contributed by atoms with Gasteiger partial charge in [-0.2, -0.15) is 0 Å². The number of nitrogens with one attached hydrogen (secondary N) is 1. The van der Waals surface area contributed by atoms with Gasteiger partial charge < -0.3 is 9.72 Å². The van der Waals surface area contributed by atoms with Crippen LogP contribution in [0.2, 0.25) is 10.0 Å². The zero-order valence-corrected chi connectivity index (χ0v) is 18.8. The molecule has 4 nitrogen and oxygen atoms in total. The van der Waals surface area contributed by atoms with Gasteiger partial charge in [0.2, 0.25) is 0 Å². The van der Waals surface area contributed by atoms with Crippen molar-refractivity contribution in [3.8, 4) is 11.1 Å². The van der Waals surface area contributed by atoms with Crippen LogP contribution in [0.15, 0.2) is 77.6 Å². The van der Waals surface area contributed by atoms with Crippen molar-refractivity contribution in [3.05, 3.63) is 110 Å². The maximum absolute atomic E-state index is 13.3. The summed E-state index contributed by atoms with van der Waals surface area (Å²) in [5.41, 5.74) is 2.62. The third kappa shape index (κ3) is 5.33. The SMILES string of the molecule is O=C(/C=C/c1cccc(F)c1)OCCc1c(-c2ccccc2Cl)c2cc(Cl)ccc2[nH]c1=O. The van der Waals surface area contributed by atoms with Gasteiger partial charge >= 0.3 is 5.97 Å². The summed E-state index contributed by atoms with van der Waals surface area (Å²) in [6.07, 6.45) is 2.84. The standard InChI is InChI=1S/C26H18Cl2FNO3/c27-17-9-10-23-21(15-17)25(19-6-1-2-7-22(19)28)20(26(32)30-23)12-13-33-24(31)11-8-16-4-3-5-18(29)14-16/h1-11,14-15H,12-13H2,(H,30,32)/b11-8+. The van der Waals surface area contributed by atoms with Crippen molar-refractivity contribution in [1.29, 1.82) is 0 Å². The first-order valence-corrected chi connectivity index (χ1v) is 10.9. The number of fused-ring (bicyclic) bond motifs is 1. The highest BCUT2D eigenvalue weighted by molar-refractivity contribution is 6.34. The summed E-state index contributed by atoms with van der Waals surface area (Å²) >= 11 is 12.7. The van der Waals surface area contributed by atoms with Crippen LogP contribution in [0, 0.1) is 5.82 Å². The lowest BCUT2D eigenvalue weighted by atomic mass is 9.94. The Morgan fingerprint density at radius 2 is 1.85 bits per heavy atom. The van der Waals surface area contributed by atoms with Crippen molar-refractivity contribution in [2.45, 2.75) is 6.42 Å². The fourth-order valence-electron chi connectivity index (χ4n) is 3.59. The second-order valence-corrected chi connectivity index (χ2v) is 8.13. The first-order chi connectivity index (χ1) is 15.9. The molecule has 3 aromatic carbocycles. The Morgan fingerprint density at radius 1 is 1.03 bits per heavy atom. The molecule has 0 fully saturated rings. The van der Waals surface area contributed by atoms with Crippen LogP contribution in [0.5, 0.6) is 0 Å². The minimum Gasteiger partial charge on any atom is -0.462 e. The summed E-state index contributed by atoms with van der Waals surface area (Å²) in [5.74, 6) is -0.993. The van der Waals surface area contributed by atoms with Crippen LogP contribution >= 0.6 is 23.2 Å². The number of aromatic amines is 1. The molecule has 166 valence electrons. The van der Waals surface area contributed by atoms with Crippen LogP contribution in [0.4, 0.5) is 4.39 Å². The number of ether oxygens (including phenoxy) is 1. The fraction of sp³-hybridized carbons (Fsp3) is 0.0769. The molecule has 0 radical (unpaired) electrons. The smallest absolute Gasteiger partial charge is 0.330 e. The Morgan fingerprint density at radius 3 is 2.64 bits per heavy atom. The van der Waals surface area contributed by atoms with Crippen LogP contribution in [0.3, 0.4) is 0 Å². The summed E-state index contributed by atoms with van der Waals surface area (Å²) in [5, 5.41) is 1.74. The molecule has 0 unspecified atom stereocenters. The van der Waals surface area contributed by atoms with E-state index in [1.54, 1.807) is 42.5 Å². The molecule has 0 saturated carbocycles. The van der Waals surface area contributed by atoms with E-state index in [1.165, 1.54) is 24.3 Å². The van der Waals surface area contributed by atoms with Gasteiger partial charge in [0.05, 0.1) is 6.61 Å². The van der Waals surface area contributed by atoms with Gasteiger partial charge in [-0.3, -0.25) is 4.79 Å². The second kappa shape index (κ2) is 10.0. The minimum atomic E-state index is -0.598. The summed E-state index contributed by atoms with van der Waals surface area (Å²) in [4.78, 5) is 27.9. The third-order valence-electron chi connectivity index (χ3n) is 5.08. The lowest BCUT2D eigenvalue weighted by molar-refractivity contribution is -0.137. The number of benzene rings is 3. The van der Waals surface area contributed by atoms with Gasteiger partial charge in [0.25, 0.3) is 5.56 Å². The van der Waals surface area contributed by atoms with Crippen molar-refractivity contribution in [2.75, 3.05) is 6.61 Å². The molecule has 1 N–H and O–H groups in total. The summed E-state index contributed by atoms with van der Waals surface area (Å²) in [6.45, 7) is -0.0288. The van der Waals surface area contributed by atoms with E-state index >= 15 is 0 Å². The molecule has 0 aliphatic heterocycles. The van der Waals surface area contributed by atoms with Crippen LogP contribution < -0.4 is 5.56 Å². The average molecular weight is 482 g/mol. The lowest BCUT2D eigenvalue weighted by Crippen LogP contribution is -2.17. The second-order valence-electron chi connectivity index (χ2n) is 7.28. The molecular weight excluding hydrogens is 464 g/mol. The van der Waals surface area contributed by atoms with Gasteiger partial charge in [-0.25, -0.2) is 9.18 Å². The van der Waals surface area contributed by atoms with E-state index in [-0.39, 0.29) is 18.6 Å². The third-order valence-corrected chi connectivity index (χ3v) is 5.64. The molecule has 7 heteroatoms. The minimum absolute atomic E-state index is 0.0288. The molecule has 0 aliphatic carbocycles. The normalized spacial score (nSPS) is 11.2. The van der Waals surface area contributed by atoms with Gasteiger partial charge in [-0.15, -0.1) is 0 Å². The average Bonchev–Trinajstić information content (AvgIpc) is 2.79. The lowest BCUT2D eigenvalue weighted by Gasteiger charge is -2.14. The Kier molecular flexibility index (Phi) is 6.92. The number of carbonyl (C=O) groups excluding carboxylic acids is 1. The van der Waals surface area contributed by atoms with Crippen molar-refractivity contribution in [2.24, 2.45) is 0 Å². The van der Waals surface area contributed by atoms with Gasteiger partial charge in [0, 0.05) is 50.1 Å². The molecule has 0 aliphatic rings. The van der Waals surface area contributed by atoms with E-state index in [0.29, 0.717) is 37.8 Å². The van der Waals surface area contributed by atoms with Crippen LogP contribution in [-0.2, 0) is 16.0 Å². The first kappa shape index (κ1) is 22.8. The van der Waals surface area contributed by atoms with Crippen LogP contribution in [-0.4, -0.2) is 17.6 Å². The van der Waals surface area contributed by atoms with Crippen LogP contribution in [0.1, 0.15) is 11.1 Å². The molecule has 0 atom stereocenters. The van der Waals surface area contributed by atoms with E-state index in [4.69, 9.17) is 27.9 Å². The predicted molar refractivity (Wildman–Crippen MR) is 130 cm³/mol. The van der Waals surface area contributed by atoms with Gasteiger partial charge in [-0.1, -0.05) is 53.5 Å². The Hall–Kier alpha value is -3.41. The molecule has 0 bridgehead atoms. The molecular formula is C26H18Cl2FNO3. The number of pyridine rings is 1. The first-order valence-electron chi connectivity index (χ1n) is 10.1. The summed E-state index contributed by atoms with van der Waals surface area (Å²) < 4.78 is 18.5. The highest BCUT2D eigenvalue weighted by Crippen LogP contribution is 2.35. The molecule has 33 heavy (non-hydrogen) atoms. The molecule has 1 aromatic heterocycles. The number of aromatic nitrogens is 1. The van der Waals surface area contributed by atoms with Crippen molar-refractivity contribution in [1.82, 2.24) is 4.98 Å². The maximum Gasteiger partial charge on any atom is 0.330 e. The van der Waals surface area contributed by atoms with Crippen molar-refractivity contribution in [3.63, 3.8) is 0 Å². The number of hydrogen-bond donors (Lipinski definition) is 1. The van der Waals surface area contributed by atoms with E-state index in [1.807, 2.05) is 12.1 Å². The van der Waals surface area contributed by atoms with Crippen molar-refractivity contribution >= 4 is 46.2 Å². The topological polar surface area (TPSA) is 59.2 Å². The molecule has 4 rings (SSSR count). The Labute approximate surface area is 199 Å². The van der Waals surface area contributed by atoms with Gasteiger partial charge in [-0.05, 0) is 48.0 Å². The van der Waals surface area contributed by atoms with Crippen molar-refractivity contribution < 1.29 is 13.9 Å². The molecule has 1 heterocycles. The number of rotatable bonds is 6. The zero-order chi connectivity index (χ0) is 23.4. The molecule has 4 aromatic rings. The number of esters is 1. The van der Waals surface area contributed by atoms with E-state index in [9.17, 15) is 14.0 Å². The highest BCUT2D eigenvalue weighted by Gasteiger charge is 2.17. The van der Waals surface area contributed by atoms with E-state index in [0.717, 1.165) is 5.39 Å². The van der Waals surface area contributed by atoms with E-state index < -0.39 is 11.8 Å². The number of halogens is 3. The molecule has 0 spiro atoms. The monoisotopic (exact) mass is 481 g/mol.